The summed E-state index contributed by atoms with van der Waals surface area (Å²) in [5, 5.41) is 3.53. The van der Waals surface area contributed by atoms with Crippen molar-refractivity contribution < 1.29 is 0 Å². The Labute approximate surface area is 146 Å². The molecule has 0 atom stereocenters. The summed E-state index contributed by atoms with van der Waals surface area (Å²) in [4.78, 5) is 8.50. The summed E-state index contributed by atoms with van der Waals surface area (Å²) < 4.78 is 0. The first-order chi connectivity index (χ1) is 11.6. The summed E-state index contributed by atoms with van der Waals surface area (Å²) in [6, 6.07) is 15.3. The number of aromatic nitrogens is 1. The summed E-state index contributed by atoms with van der Waals surface area (Å²) in [7, 11) is 0. The monoisotopic (exact) mass is 339 g/mol. The molecule has 5 N–H and O–H groups in total. The van der Waals surface area contributed by atoms with Gasteiger partial charge in [0.25, 0.3) is 0 Å². The minimum Gasteiger partial charge on any atom is -0.404 e. The van der Waals surface area contributed by atoms with E-state index in [9.17, 15) is 0 Å². The van der Waals surface area contributed by atoms with Crippen LogP contribution in [-0.2, 0) is 0 Å². The lowest BCUT2D eigenvalue weighted by atomic mass is 10.1. The Kier molecular flexibility index (Phi) is 6.16. The van der Waals surface area contributed by atoms with Gasteiger partial charge in [-0.15, -0.1) is 0 Å². The van der Waals surface area contributed by atoms with E-state index in [0.717, 1.165) is 5.69 Å². The van der Waals surface area contributed by atoms with E-state index in [2.05, 4.69) is 21.9 Å². The molecule has 0 amide bonds. The van der Waals surface area contributed by atoms with Gasteiger partial charge in [-0.05, 0) is 24.3 Å². The number of halogens is 1. The Balaban J connectivity index is 2.24. The van der Waals surface area contributed by atoms with Gasteiger partial charge in [0, 0.05) is 23.7 Å². The SMILES string of the molecule is C=C(Cl)\C=N/C=C(N)/C(=C\N)c1cccc(Nc2ccccc2)n1. The molecule has 0 aliphatic heterocycles. The van der Waals surface area contributed by atoms with Crippen molar-refractivity contribution in [3.8, 4) is 0 Å². The van der Waals surface area contributed by atoms with Gasteiger partial charge in [-0.25, -0.2) is 4.98 Å². The standard InChI is InChI=1S/C18H18ClN5/c1-13(19)11-22-12-16(21)15(10-20)17-8-5-9-18(24-17)23-14-6-3-2-4-7-14/h2-12H,1,20-21H2,(H,23,24)/b15-10+,16-12-,22-11-. The lowest BCUT2D eigenvalue weighted by Gasteiger charge is -2.09. The molecule has 5 nitrogen and oxygen atoms in total. The molecule has 122 valence electrons. The van der Waals surface area contributed by atoms with E-state index in [1.807, 2.05) is 48.5 Å². The van der Waals surface area contributed by atoms with E-state index < -0.39 is 0 Å². The van der Waals surface area contributed by atoms with Gasteiger partial charge in [-0.3, -0.25) is 4.99 Å². The van der Waals surface area contributed by atoms with Crippen molar-refractivity contribution in [3.63, 3.8) is 0 Å². The molecule has 0 unspecified atom stereocenters. The molecule has 0 spiro atoms. The fourth-order valence-electron chi connectivity index (χ4n) is 1.92. The molecule has 0 aliphatic carbocycles. The molecule has 0 fully saturated rings. The van der Waals surface area contributed by atoms with Crippen LogP contribution in [0.25, 0.3) is 5.57 Å². The quantitative estimate of drug-likeness (QED) is 0.552. The Hall–Kier alpha value is -3.05. The molecule has 24 heavy (non-hydrogen) atoms. The number of para-hydroxylation sites is 1. The van der Waals surface area contributed by atoms with Crippen molar-refractivity contribution in [2.24, 2.45) is 16.5 Å². The Morgan fingerprint density at radius 3 is 2.58 bits per heavy atom. The molecule has 1 heterocycles. The first-order valence-electron chi connectivity index (χ1n) is 7.15. The maximum atomic E-state index is 6.02. The zero-order valence-corrected chi connectivity index (χ0v) is 13.7. The molecule has 0 radical (unpaired) electrons. The summed E-state index contributed by atoms with van der Waals surface area (Å²) in [6.07, 6.45) is 4.24. The van der Waals surface area contributed by atoms with Crippen LogP contribution in [0.1, 0.15) is 5.69 Å². The topological polar surface area (TPSA) is 89.3 Å². The first kappa shape index (κ1) is 17.3. The van der Waals surface area contributed by atoms with Crippen LogP contribution in [0.3, 0.4) is 0 Å². The third kappa shape index (κ3) is 5.00. The van der Waals surface area contributed by atoms with Gasteiger partial charge in [-0.1, -0.05) is 42.4 Å². The lowest BCUT2D eigenvalue weighted by molar-refractivity contribution is 1.24. The second-order valence-corrected chi connectivity index (χ2v) is 5.27. The van der Waals surface area contributed by atoms with Crippen LogP contribution < -0.4 is 16.8 Å². The molecule has 0 aliphatic rings. The van der Waals surface area contributed by atoms with Gasteiger partial charge in [-0.2, -0.15) is 0 Å². The molecule has 1 aromatic carbocycles. The number of hydrogen-bond acceptors (Lipinski definition) is 5. The van der Waals surface area contributed by atoms with Gasteiger partial charge in [0.1, 0.15) is 5.82 Å². The minimum atomic E-state index is 0.310. The molecule has 0 saturated heterocycles. The Bertz CT molecular complexity index is 794. The number of nitrogens with one attached hydrogen (secondary N) is 1. The number of anilines is 2. The van der Waals surface area contributed by atoms with E-state index in [1.165, 1.54) is 18.6 Å². The summed E-state index contributed by atoms with van der Waals surface area (Å²) in [5.41, 5.74) is 14.2. The van der Waals surface area contributed by atoms with Crippen molar-refractivity contribution in [2.75, 3.05) is 5.32 Å². The van der Waals surface area contributed by atoms with Crippen LogP contribution in [0.2, 0.25) is 0 Å². The van der Waals surface area contributed by atoms with Crippen molar-refractivity contribution in [3.05, 3.63) is 83.9 Å². The maximum absolute atomic E-state index is 6.02. The normalized spacial score (nSPS) is 12.4. The number of nitrogens with two attached hydrogens (primary N) is 2. The second-order valence-electron chi connectivity index (χ2n) is 4.79. The smallest absolute Gasteiger partial charge is 0.131 e. The Morgan fingerprint density at radius 2 is 1.92 bits per heavy atom. The number of allylic oxidation sites excluding steroid dienone is 2. The highest BCUT2D eigenvalue weighted by molar-refractivity contribution is 6.38. The Morgan fingerprint density at radius 1 is 1.17 bits per heavy atom. The molecule has 2 rings (SSSR count). The van der Waals surface area contributed by atoms with Crippen LogP contribution in [0.5, 0.6) is 0 Å². The van der Waals surface area contributed by atoms with Crippen LogP contribution in [-0.4, -0.2) is 11.2 Å². The number of hydrogen-bond donors (Lipinski definition) is 3. The number of nitrogens with zero attached hydrogens (tertiary/aromatic N) is 2. The predicted molar refractivity (Wildman–Crippen MR) is 102 cm³/mol. The highest BCUT2D eigenvalue weighted by Crippen LogP contribution is 2.20. The van der Waals surface area contributed by atoms with E-state index >= 15 is 0 Å². The van der Waals surface area contributed by atoms with Crippen molar-refractivity contribution >= 4 is 34.9 Å². The fraction of sp³-hybridized carbons (Fsp3) is 0. The predicted octanol–water partition coefficient (Wildman–Crippen LogP) is 3.75. The van der Waals surface area contributed by atoms with Crippen molar-refractivity contribution in [1.82, 2.24) is 4.98 Å². The van der Waals surface area contributed by atoms with Crippen LogP contribution in [0.15, 0.2) is 83.2 Å². The number of rotatable bonds is 6. The number of aliphatic imine (C=N–C) groups is 1. The molecule has 1 aromatic heterocycles. The van der Waals surface area contributed by atoms with E-state index in [1.54, 1.807) is 0 Å². The van der Waals surface area contributed by atoms with Gasteiger partial charge < -0.3 is 16.8 Å². The minimum absolute atomic E-state index is 0.310. The van der Waals surface area contributed by atoms with Crippen LogP contribution >= 0.6 is 11.6 Å². The van der Waals surface area contributed by atoms with Gasteiger partial charge >= 0.3 is 0 Å². The molecule has 2 aromatic rings. The fourth-order valence-corrected chi connectivity index (χ4v) is 1.98. The number of benzene rings is 1. The third-order valence-corrected chi connectivity index (χ3v) is 3.07. The van der Waals surface area contributed by atoms with E-state index in [4.69, 9.17) is 23.1 Å². The largest absolute Gasteiger partial charge is 0.404 e. The second kappa shape index (κ2) is 8.55. The maximum Gasteiger partial charge on any atom is 0.131 e. The van der Waals surface area contributed by atoms with Crippen LogP contribution in [0, 0.1) is 0 Å². The van der Waals surface area contributed by atoms with Gasteiger partial charge in [0.15, 0.2) is 0 Å². The molecular weight excluding hydrogens is 322 g/mol. The highest BCUT2D eigenvalue weighted by atomic mass is 35.5. The average molecular weight is 340 g/mol. The summed E-state index contributed by atoms with van der Waals surface area (Å²) in [5.74, 6) is 0.684. The zero-order valence-electron chi connectivity index (χ0n) is 13.0. The average Bonchev–Trinajstić information content (AvgIpc) is 2.56. The summed E-state index contributed by atoms with van der Waals surface area (Å²) >= 11 is 5.62. The van der Waals surface area contributed by atoms with E-state index in [-0.39, 0.29) is 0 Å². The van der Waals surface area contributed by atoms with Gasteiger partial charge in [0.05, 0.1) is 22.6 Å². The first-order valence-corrected chi connectivity index (χ1v) is 7.53. The van der Waals surface area contributed by atoms with Crippen LogP contribution in [0.4, 0.5) is 11.5 Å². The molecule has 6 heteroatoms. The summed E-state index contributed by atoms with van der Waals surface area (Å²) in [6.45, 7) is 3.51. The third-order valence-electron chi connectivity index (χ3n) is 2.98. The zero-order chi connectivity index (χ0) is 17.4. The van der Waals surface area contributed by atoms with E-state index in [0.29, 0.717) is 27.8 Å². The molecule has 0 bridgehead atoms. The number of pyridine rings is 1. The lowest BCUT2D eigenvalue weighted by Crippen LogP contribution is -2.05. The highest BCUT2D eigenvalue weighted by Gasteiger charge is 2.07. The van der Waals surface area contributed by atoms with Crippen molar-refractivity contribution in [2.45, 2.75) is 0 Å². The molecular formula is C18H18ClN5. The van der Waals surface area contributed by atoms with Crippen molar-refractivity contribution in [1.29, 1.82) is 0 Å². The van der Waals surface area contributed by atoms with Gasteiger partial charge in [0.2, 0.25) is 0 Å². The molecule has 0 saturated carbocycles.